The fourth-order valence-electron chi connectivity index (χ4n) is 3.45. The molecule has 0 aliphatic carbocycles. The average molecular weight is 338 g/mol. The number of fused-ring (bicyclic) bond motifs is 1. The number of hydrogen-bond acceptors (Lipinski definition) is 3. The second kappa shape index (κ2) is 7.05. The predicted molar refractivity (Wildman–Crippen MR) is 95.0 cm³/mol. The quantitative estimate of drug-likeness (QED) is 0.932. The highest BCUT2D eigenvalue weighted by Crippen LogP contribution is 2.37. The molecule has 2 aliphatic heterocycles. The maximum atomic E-state index is 12.4. The number of ether oxygens (including phenoxy) is 2. The lowest BCUT2D eigenvalue weighted by Gasteiger charge is -2.17. The Morgan fingerprint density at radius 3 is 2.84 bits per heavy atom. The summed E-state index contributed by atoms with van der Waals surface area (Å²) in [5, 5.41) is 3.03. The van der Waals surface area contributed by atoms with Crippen molar-refractivity contribution < 1.29 is 14.3 Å². The van der Waals surface area contributed by atoms with E-state index in [-0.39, 0.29) is 6.03 Å². The lowest BCUT2D eigenvalue weighted by Crippen LogP contribution is -2.39. The minimum Gasteiger partial charge on any atom is -0.454 e. The summed E-state index contributed by atoms with van der Waals surface area (Å²) in [6, 6.07) is 16.3. The van der Waals surface area contributed by atoms with E-state index in [0.717, 1.165) is 37.4 Å². The summed E-state index contributed by atoms with van der Waals surface area (Å²) < 4.78 is 10.8. The number of carbonyl (C=O) groups is 1. The van der Waals surface area contributed by atoms with Crippen molar-refractivity contribution in [2.45, 2.75) is 18.8 Å². The van der Waals surface area contributed by atoms with E-state index in [1.54, 1.807) is 0 Å². The highest BCUT2D eigenvalue weighted by Gasteiger charge is 2.28. The SMILES string of the molecule is O=C(NCCc1ccccc1)N1CCC(c2ccc3c(c2)OCO3)C1. The minimum absolute atomic E-state index is 0.0270. The van der Waals surface area contributed by atoms with Gasteiger partial charge in [0.05, 0.1) is 0 Å². The first-order chi connectivity index (χ1) is 12.3. The third-order valence-electron chi connectivity index (χ3n) is 4.88. The Hall–Kier alpha value is -2.69. The van der Waals surface area contributed by atoms with Gasteiger partial charge in [-0.3, -0.25) is 0 Å². The molecule has 2 aliphatic rings. The average Bonchev–Trinajstić information content (AvgIpc) is 3.31. The first-order valence-corrected chi connectivity index (χ1v) is 8.76. The Bertz CT molecular complexity index is 748. The van der Waals surface area contributed by atoms with Gasteiger partial charge in [-0.1, -0.05) is 36.4 Å². The van der Waals surface area contributed by atoms with Crippen molar-refractivity contribution in [3.05, 3.63) is 59.7 Å². The molecule has 2 aromatic carbocycles. The maximum Gasteiger partial charge on any atom is 0.317 e. The summed E-state index contributed by atoms with van der Waals surface area (Å²) in [7, 11) is 0. The molecule has 4 rings (SSSR count). The molecule has 2 amide bonds. The van der Waals surface area contributed by atoms with Crippen molar-refractivity contribution in [1.82, 2.24) is 10.2 Å². The number of hydrogen-bond donors (Lipinski definition) is 1. The molecular formula is C20H22N2O3. The van der Waals surface area contributed by atoms with Crippen LogP contribution in [0.2, 0.25) is 0 Å². The lowest BCUT2D eigenvalue weighted by molar-refractivity contribution is 0.174. The molecule has 5 heteroatoms. The van der Waals surface area contributed by atoms with Crippen molar-refractivity contribution in [2.24, 2.45) is 0 Å². The molecule has 2 aromatic rings. The number of urea groups is 1. The molecule has 0 aromatic heterocycles. The molecule has 0 saturated carbocycles. The van der Waals surface area contributed by atoms with Crippen LogP contribution in [0.25, 0.3) is 0 Å². The summed E-state index contributed by atoms with van der Waals surface area (Å²) in [6.07, 6.45) is 1.83. The standard InChI is InChI=1S/C20H22N2O3/c23-20(21-10-8-15-4-2-1-3-5-15)22-11-9-17(13-22)16-6-7-18-19(12-16)25-14-24-18/h1-7,12,17H,8-11,13-14H2,(H,21,23). The zero-order chi connectivity index (χ0) is 17.1. The van der Waals surface area contributed by atoms with Crippen LogP contribution in [0, 0.1) is 0 Å². The molecule has 1 unspecified atom stereocenters. The van der Waals surface area contributed by atoms with E-state index in [9.17, 15) is 4.79 Å². The molecule has 1 saturated heterocycles. The van der Waals surface area contributed by atoms with Crippen LogP contribution in [0.15, 0.2) is 48.5 Å². The smallest absolute Gasteiger partial charge is 0.317 e. The van der Waals surface area contributed by atoms with Crippen LogP contribution in [0.3, 0.4) is 0 Å². The van der Waals surface area contributed by atoms with Crippen molar-refractivity contribution in [2.75, 3.05) is 26.4 Å². The van der Waals surface area contributed by atoms with Gasteiger partial charge < -0.3 is 19.7 Å². The second-order valence-corrected chi connectivity index (χ2v) is 6.51. The molecule has 1 N–H and O–H groups in total. The van der Waals surface area contributed by atoms with E-state index in [1.165, 1.54) is 11.1 Å². The van der Waals surface area contributed by atoms with Crippen LogP contribution in [0.4, 0.5) is 4.79 Å². The molecule has 1 atom stereocenters. The number of carbonyl (C=O) groups excluding carboxylic acids is 1. The summed E-state index contributed by atoms with van der Waals surface area (Å²) >= 11 is 0. The molecule has 1 fully saturated rings. The number of nitrogens with one attached hydrogen (secondary N) is 1. The molecule has 130 valence electrons. The highest BCUT2D eigenvalue weighted by atomic mass is 16.7. The Balaban J connectivity index is 1.29. The number of nitrogens with zero attached hydrogens (tertiary/aromatic N) is 1. The van der Waals surface area contributed by atoms with Gasteiger partial charge in [0.15, 0.2) is 11.5 Å². The van der Waals surface area contributed by atoms with Crippen molar-refractivity contribution in [3.8, 4) is 11.5 Å². The van der Waals surface area contributed by atoms with Gasteiger partial charge in [0.1, 0.15) is 0 Å². The zero-order valence-electron chi connectivity index (χ0n) is 14.1. The predicted octanol–water partition coefficient (Wildman–Crippen LogP) is 3.16. The molecule has 5 nitrogen and oxygen atoms in total. The van der Waals surface area contributed by atoms with Crippen LogP contribution >= 0.6 is 0 Å². The number of likely N-dealkylation sites (tertiary alicyclic amines) is 1. The van der Waals surface area contributed by atoms with Gasteiger partial charge in [0, 0.05) is 25.6 Å². The zero-order valence-corrected chi connectivity index (χ0v) is 14.1. The lowest BCUT2D eigenvalue weighted by atomic mass is 9.98. The van der Waals surface area contributed by atoms with Gasteiger partial charge in [-0.15, -0.1) is 0 Å². The molecule has 2 heterocycles. The molecule has 0 spiro atoms. The van der Waals surface area contributed by atoms with Gasteiger partial charge in [-0.25, -0.2) is 4.79 Å². The molecular weight excluding hydrogens is 316 g/mol. The van der Waals surface area contributed by atoms with E-state index >= 15 is 0 Å². The number of benzene rings is 2. The van der Waals surface area contributed by atoms with E-state index in [2.05, 4.69) is 23.5 Å². The van der Waals surface area contributed by atoms with Crippen LogP contribution in [0.1, 0.15) is 23.5 Å². The van der Waals surface area contributed by atoms with Crippen molar-refractivity contribution in [3.63, 3.8) is 0 Å². The number of amides is 2. The monoisotopic (exact) mass is 338 g/mol. The Morgan fingerprint density at radius 1 is 1.12 bits per heavy atom. The summed E-state index contributed by atoms with van der Waals surface area (Å²) in [6.45, 7) is 2.49. The first kappa shape index (κ1) is 15.8. The fourth-order valence-corrected chi connectivity index (χ4v) is 3.45. The van der Waals surface area contributed by atoms with Crippen LogP contribution in [-0.2, 0) is 6.42 Å². The first-order valence-electron chi connectivity index (χ1n) is 8.76. The van der Waals surface area contributed by atoms with Crippen LogP contribution in [0.5, 0.6) is 11.5 Å². The summed E-state index contributed by atoms with van der Waals surface area (Å²) in [5.74, 6) is 1.97. The summed E-state index contributed by atoms with van der Waals surface area (Å²) in [4.78, 5) is 14.3. The molecule has 0 bridgehead atoms. The van der Waals surface area contributed by atoms with Gasteiger partial charge >= 0.3 is 6.03 Å². The van der Waals surface area contributed by atoms with Crippen LogP contribution < -0.4 is 14.8 Å². The van der Waals surface area contributed by atoms with E-state index < -0.39 is 0 Å². The largest absolute Gasteiger partial charge is 0.454 e. The van der Waals surface area contributed by atoms with E-state index in [4.69, 9.17) is 9.47 Å². The highest BCUT2D eigenvalue weighted by molar-refractivity contribution is 5.74. The second-order valence-electron chi connectivity index (χ2n) is 6.51. The Labute approximate surface area is 147 Å². The topological polar surface area (TPSA) is 50.8 Å². The Kier molecular flexibility index (Phi) is 4.46. The van der Waals surface area contributed by atoms with Gasteiger partial charge in [0.25, 0.3) is 0 Å². The van der Waals surface area contributed by atoms with E-state index in [0.29, 0.717) is 19.3 Å². The molecule has 0 radical (unpaired) electrons. The third-order valence-corrected chi connectivity index (χ3v) is 4.88. The normalized spacial score (nSPS) is 18.4. The van der Waals surface area contributed by atoms with Gasteiger partial charge in [-0.2, -0.15) is 0 Å². The third kappa shape index (κ3) is 3.55. The van der Waals surface area contributed by atoms with Gasteiger partial charge in [-0.05, 0) is 36.1 Å². The van der Waals surface area contributed by atoms with Crippen molar-refractivity contribution >= 4 is 6.03 Å². The maximum absolute atomic E-state index is 12.4. The molecule has 25 heavy (non-hydrogen) atoms. The fraction of sp³-hybridized carbons (Fsp3) is 0.350. The minimum atomic E-state index is 0.0270. The van der Waals surface area contributed by atoms with E-state index in [1.807, 2.05) is 35.2 Å². The summed E-state index contributed by atoms with van der Waals surface area (Å²) in [5.41, 5.74) is 2.45. The van der Waals surface area contributed by atoms with Crippen LogP contribution in [-0.4, -0.2) is 37.4 Å². The van der Waals surface area contributed by atoms with Crippen molar-refractivity contribution in [1.29, 1.82) is 0 Å². The Morgan fingerprint density at radius 2 is 1.96 bits per heavy atom. The number of rotatable bonds is 4. The van der Waals surface area contributed by atoms with Gasteiger partial charge in [0.2, 0.25) is 6.79 Å².